The Bertz CT molecular complexity index is 544. The molecule has 19 heavy (non-hydrogen) atoms. The summed E-state index contributed by atoms with van der Waals surface area (Å²) in [7, 11) is 0. The number of thiazole rings is 1. The van der Waals surface area contributed by atoms with Crippen LogP contribution in [0.2, 0.25) is 0 Å². The summed E-state index contributed by atoms with van der Waals surface area (Å²) >= 11 is 1.71. The fourth-order valence-corrected chi connectivity index (χ4v) is 3.01. The predicted molar refractivity (Wildman–Crippen MR) is 82.9 cm³/mol. The van der Waals surface area contributed by atoms with Crippen molar-refractivity contribution < 1.29 is 0 Å². The van der Waals surface area contributed by atoms with E-state index in [1.165, 1.54) is 22.3 Å². The number of aromatic nitrogens is 1. The van der Waals surface area contributed by atoms with Crippen LogP contribution in [0.15, 0.2) is 23.7 Å². The Morgan fingerprint density at radius 1 is 1.05 bits per heavy atom. The Labute approximate surface area is 119 Å². The average molecular weight is 274 g/mol. The maximum absolute atomic E-state index is 4.50. The van der Waals surface area contributed by atoms with Crippen LogP contribution in [0.3, 0.4) is 0 Å². The van der Waals surface area contributed by atoms with Crippen LogP contribution in [0.5, 0.6) is 0 Å². The van der Waals surface area contributed by atoms with Gasteiger partial charge in [-0.05, 0) is 56.9 Å². The zero-order valence-corrected chi connectivity index (χ0v) is 13.1. The van der Waals surface area contributed by atoms with E-state index in [0.717, 1.165) is 5.01 Å². The van der Waals surface area contributed by atoms with Crippen LogP contribution in [0.25, 0.3) is 0 Å². The Kier molecular flexibility index (Phi) is 4.38. The molecule has 0 saturated heterocycles. The average Bonchev–Trinajstić information content (AvgIpc) is 2.84. The molecule has 1 heterocycles. The second-order valence-corrected chi connectivity index (χ2v) is 6.34. The second kappa shape index (κ2) is 5.85. The van der Waals surface area contributed by atoms with E-state index in [2.05, 4.69) is 57.1 Å². The lowest BCUT2D eigenvalue weighted by Crippen LogP contribution is -2.29. The zero-order chi connectivity index (χ0) is 14.0. The van der Waals surface area contributed by atoms with Crippen molar-refractivity contribution in [3.8, 4) is 0 Å². The first-order valence-corrected chi connectivity index (χ1v) is 7.60. The quantitative estimate of drug-likeness (QED) is 0.905. The van der Waals surface area contributed by atoms with Crippen molar-refractivity contribution in [2.75, 3.05) is 0 Å². The first-order valence-electron chi connectivity index (χ1n) is 6.72. The third-order valence-electron chi connectivity index (χ3n) is 3.39. The minimum absolute atomic E-state index is 0.194. The molecular formula is C16H22N2S. The third-order valence-corrected chi connectivity index (χ3v) is 4.23. The zero-order valence-electron chi connectivity index (χ0n) is 12.3. The molecule has 0 bridgehead atoms. The summed E-state index contributed by atoms with van der Waals surface area (Å²) in [5.74, 6) is 0. The van der Waals surface area contributed by atoms with Gasteiger partial charge in [0.1, 0.15) is 5.01 Å². The molecule has 0 radical (unpaired) electrons. The molecule has 3 heteroatoms. The summed E-state index contributed by atoms with van der Waals surface area (Å²) in [6.07, 6.45) is 1.88. The van der Waals surface area contributed by atoms with Gasteiger partial charge in [0.2, 0.25) is 0 Å². The Morgan fingerprint density at radius 2 is 1.74 bits per heavy atom. The minimum atomic E-state index is 0.194. The molecule has 1 unspecified atom stereocenters. The SMILES string of the molecule is Cc1cc(C)c(C(NC(C)C)c2nccs2)cc1C. The van der Waals surface area contributed by atoms with Crippen LogP contribution in [-0.4, -0.2) is 11.0 Å². The van der Waals surface area contributed by atoms with Gasteiger partial charge in [-0.2, -0.15) is 0 Å². The first kappa shape index (κ1) is 14.2. The van der Waals surface area contributed by atoms with Crippen LogP contribution in [0, 0.1) is 20.8 Å². The van der Waals surface area contributed by atoms with Crippen molar-refractivity contribution in [1.82, 2.24) is 10.3 Å². The molecule has 0 aliphatic heterocycles. The molecule has 102 valence electrons. The van der Waals surface area contributed by atoms with Crippen molar-refractivity contribution >= 4 is 11.3 Å². The highest BCUT2D eigenvalue weighted by molar-refractivity contribution is 7.09. The molecule has 0 amide bonds. The van der Waals surface area contributed by atoms with Gasteiger partial charge in [0.05, 0.1) is 6.04 Å². The molecule has 2 aromatic rings. The highest BCUT2D eigenvalue weighted by Gasteiger charge is 2.19. The third kappa shape index (κ3) is 3.23. The monoisotopic (exact) mass is 274 g/mol. The fourth-order valence-electron chi connectivity index (χ4n) is 2.30. The fraction of sp³-hybridized carbons (Fsp3) is 0.438. The van der Waals surface area contributed by atoms with Gasteiger partial charge in [-0.1, -0.05) is 12.1 Å². The lowest BCUT2D eigenvalue weighted by atomic mass is 9.95. The van der Waals surface area contributed by atoms with Crippen LogP contribution in [0.4, 0.5) is 0 Å². The molecule has 0 aliphatic rings. The van der Waals surface area contributed by atoms with Crippen molar-refractivity contribution in [1.29, 1.82) is 0 Å². The summed E-state index contributed by atoms with van der Waals surface area (Å²) in [4.78, 5) is 4.50. The molecule has 0 fully saturated rings. The van der Waals surface area contributed by atoms with E-state index in [9.17, 15) is 0 Å². The van der Waals surface area contributed by atoms with E-state index in [4.69, 9.17) is 0 Å². The highest BCUT2D eigenvalue weighted by Crippen LogP contribution is 2.28. The predicted octanol–water partition coefficient (Wildman–Crippen LogP) is 4.16. The van der Waals surface area contributed by atoms with E-state index < -0.39 is 0 Å². The molecule has 0 spiro atoms. The molecule has 2 rings (SSSR count). The van der Waals surface area contributed by atoms with E-state index in [1.807, 2.05) is 11.6 Å². The largest absolute Gasteiger partial charge is 0.302 e. The lowest BCUT2D eigenvalue weighted by molar-refractivity contribution is 0.525. The number of hydrogen-bond acceptors (Lipinski definition) is 3. The minimum Gasteiger partial charge on any atom is -0.302 e. The van der Waals surface area contributed by atoms with Crippen LogP contribution in [0.1, 0.15) is 47.2 Å². The van der Waals surface area contributed by atoms with Gasteiger partial charge in [-0.25, -0.2) is 4.98 Å². The van der Waals surface area contributed by atoms with Crippen LogP contribution in [-0.2, 0) is 0 Å². The maximum atomic E-state index is 4.50. The molecule has 1 N–H and O–H groups in total. The van der Waals surface area contributed by atoms with Gasteiger partial charge in [0.25, 0.3) is 0 Å². The van der Waals surface area contributed by atoms with E-state index in [1.54, 1.807) is 11.3 Å². The van der Waals surface area contributed by atoms with Gasteiger partial charge < -0.3 is 5.32 Å². The molecule has 1 aromatic carbocycles. The van der Waals surface area contributed by atoms with Crippen molar-refractivity contribution in [2.45, 2.75) is 46.7 Å². The van der Waals surface area contributed by atoms with Crippen molar-refractivity contribution in [3.05, 3.63) is 51.0 Å². The standard InChI is InChI=1S/C16H22N2S/c1-10(2)18-15(16-17-6-7-19-16)14-9-12(4)11(3)8-13(14)5/h6-10,15,18H,1-5H3. The Morgan fingerprint density at radius 3 is 2.32 bits per heavy atom. The Balaban J connectivity index is 2.46. The number of rotatable bonds is 4. The summed E-state index contributed by atoms with van der Waals surface area (Å²) in [5, 5.41) is 6.82. The summed E-state index contributed by atoms with van der Waals surface area (Å²) < 4.78 is 0. The number of nitrogens with zero attached hydrogens (tertiary/aromatic N) is 1. The maximum Gasteiger partial charge on any atom is 0.114 e. The van der Waals surface area contributed by atoms with Crippen LogP contribution < -0.4 is 5.32 Å². The summed E-state index contributed by atoms with van der Waals surface area (Å²) in [5.41, 5.74) is 5.36. The van der Waals surface area contributed by atoms with E-state index >= 15 is 0 Å². The normalized spacial score (nSPS) is 12.9. The van der Waals surface area contributed by atoms with Crippen LogP contribution >= 0.6 is 11.3 Å². The molecule has 1 atom stereocenters. The second-order valence-electron chi connectivity index (χ2n) is 5.42. The first-order chi connectivity index (χ1) is 8.99. The van der Waals surface area contributed by atoms with Gasteiger partial charge in [0, 0.05) is 17.6 Å². The lowest BCUT2D eigenvalue weighted by Gasteiger charge is -2.22. The van der Waals surface area contributed by atoms with E-state index in [0.29, 0.717) is 6.04 Å². The summed E-state index contributed by atoms with van der Waals surface area (Å²) in [6, 6.07) is 5.19. The molecule has 2 nitrogen and oxygen atoms in total. The number of aryl methyl sites for hydroxylation is 3. The molecule has 1 aromatic heterocycles. The molecular weight excluding hydrogens is 252 g/mol. The van der Waals surface area contributed by atoms with Crippen molar-refractivity contribution in [2.24, 2.45) is 0 Å². The number of nitrogens with one attached hydrogen (secondary N) is 1. The van der Waals surface area contributed by atoms with Crippen molar-refractivity contribution in [3.63, 3.8) is 0 Å². The molecule has 0 aliphatic carbocycles. The van der Waals surface area contributed by atoms with Gasteiger partial charge >= 0.3 is 0 Å². The van der Waals surface area contributed by atoms with Gasteiger partial charge in [0.15, 0.2) is 0 Å². The summed E-state index contributed by atoms with van der Waals surface area (Å²) in [6.45, 7) is 10.9. The molecule has 0 saturated carbocycles. The number of benzene rings is 1. The smallest absolute Gasteiger partial charge is 0.114 e. The Hall–Kier alpha value is -1.19. The van der Waals surface area contributed by atoms with Gasteiger partial charge in [-0.3, -0.25) is 0 Å². The van der Waals surface area contributed by atoms with Gasteiger partial charge in [-0.15, -0.1) is 11.3 Å². The topological polar surface area (TPSA) is 24.9 Å². The van der Waals surface area contributed by atoms with E-state index in [-0.39, 0.29) is 6.04 Å². The highest BCUT2D eigenvalue weighted by atomic mass is 32.1. The number of hydrogen-bond donors (Lipinski definition) is 1.